The lowest BCUT2D eigenvalue weighted by Gasteiger charge is -2.36. The van der Waals surface area contributed by atoms with Crippen LogP contribution < -0.4 is 10.2 Å². The molecule has 5 nitrogen and oxygen atoms in total. The number of benzene rings is 3. The first-order valence-electron chi connectivity index (χ1n) is 10.6. The van der Waals surface area contributed by atoms with Crippen LogP contribution in [0.25, 0.3) is 6.08 Å². The van der Waals surface area contributed by atoms with Crippen LogP contribution >= 0.6 is 23.2 Å². The van der Waals surface area contributed by atoms with Gasteiger partial charge in [0.15, 0.2) is 0 Å². The average Bonchev–Trinajstić information content (AvgIpc) is 2.84. The zero-order chi connectivity index (χ0) is 23.2. The number of carbonyl (C=O) groups is 2. The molecule has 3 aromatic carbocycles. The second-order valence-electron chi connectivity index (χ2n) is 7.71. The van der Waals surface area contributed by atoms with E-state index in [1.54, 1.807) is 42.5 Å². The predicted molar refractivity (Wildman–Crippen MR) is 135 cm³/mol. The topological polar surface area (TPSA) is 52.7 Å². The van der Waals surface area contributed by atoms with Gasteiger partial charge in [-0.05, 0) is 72.3 Å². The SMILES string of the molecule is O=C(C=Cc1ccc(Cl)cc1)Nc1ccc(N2CCN(C(=O)c3ccc(Cl)cc3)CC2)cc1. The van der Waals surface area contributed by atoms with Crippen LogP contribution in [0.4, 0.5) is 11.4 Å². The van der Waals surface area contributed by atoms with Crippen LogP contribution in [-0.4, -0.2) is 42.9 Å². The van der Waals surface area contributed by atoms with E-state index in [-0.39, 0.29) is 11.8 Å². The van der Waals surface area contributed by atoms with Gasteiger partial charge in [-0.15, -0.1) is 0 Å². The van der Waals surface area contributed by atoms with Crippen LogP contribution in [0, 0.1) is 0 Å². The smallest absolute Gasteiger partial charge is 0.253 e. The summed E-state index contributed by atoms with van der Waals surface area (Å²) in [6.07, 6.45) is 3.24. The Hall–Kier alpha value is -3.28. The molecule has 1 N–H and O–H groups in total. The minimum absolute atomic E-state index is 0.0241. The number of carbonyl (C=O) groups excluding carboxylic acids is 2. The molecule has 1 aliphatic heterocycles. The molecule has 1 heterocycles. The third-order valence-electron chi connectivity index (χ3n) is 5.46. The van der Waals surface area contributed by atoms with E-state index in [2.05, 4.69) is 10.2 Å². The van der Waals surface area contributed by atoms with E-state index in [1.165, 1.54) is 6.08 Å². The number of nitrogens with one attached hydrogen (secondary N) is 1. The van der Waals surface area contributed by atoms with Gasteiger partial charge >= 0.3 is 0 Å². The van der Waals surface area contributed by atoms with Crippen molar-refractivity contribution in [2.75, 3.05) is 36.4 Å². The van der Waals surface area contributed by atoms with Gasteiger partial charge in [0.2, 0.25) is 5.91 Å². The van der Waals surface area contributed by atoms with E-state index in [0.717, 1.165) is 30.0 Å². The number of anilines is 2. The summed E-state index contributed by atoms with van der Waals surface area (Å²) in [5, 5.41) is 4.14. The highest BCUT2D eigenvalue weighted by molar-refractivity contribution is 6.30. The van der Waals surface area contributed by atoms with Crippen molar-refractivity contribution in [3.8, 4) is 0 Å². The van der Waals surface area contributed by atoms with Gasteiger partial charge in [0, 0.05) is 59.2 Å². The average molecular weight is 480 g/mol. The minimum atomic E-state index is -0.202. The largest absolute Gasteiger partial charge is 0.368 e. The van der Waals surface area contributed by atoms with Crippen LogP contribution in [0.15, 0.2) is 78.9 Å². The molecule has 4 rings (SSSR count). The molecule has 0 radical (unpaired) electrons. The Balaban J connectivity index is 1.28. The lowest BCUT2D eigenvalue weighted by Crippen LogP contribution is -2.48. The molecule has 0 aliphatic carbocycles. The summed E-state index contributed by atoms with van der Waals surface area (Å²) in [5.74, 6) is -0.178. The van der Waals surface area contributed by atoms with Gasteiger partial charge in [-0.3, -0.25) is 9.59 Å². The van der Waals surface area contributed by atoms with Gasteiger partial charge in [0.1, 0.15) is 0 Å². The first-order chi connectivity index (χ1) is 16.0. The summed E-state index contributed by atoms with van der Waals surface area (Å²) in [7, 11) is 0. The molecule has 0 atom stereocenters. The Morgan fingerprint density at radius 3 is 1.94 bits per heavy atom. The molecule has 0 aromatic heterocycles. The highest BCUT2D eigenvalue weighted by Gasteiger charge is 2.22. The van der Waals surface area contributed by atoms with Crippen LogP contribution in [0.1, 0.15) is 15.9 Å². The van der Waals surface area contributed by atoms with Gasteiger partial charge in [0.05, 0.1) is 0 Å². The second kappa shape index (κ2) is 10.6. The highest BCUT2D eigenvalue weighted by Crippen LogP contribution is 2.21. The molecule has 1 aliphatic rings. The normalized spacial score (nSPS) is 13.9. The number of halogens is 2. The maximum Gasteiger partial charge on any atom is 0.253 e. The monoisotopic (exact) mass is 479 g/mol. The highest BCUT2D eigenvalue weighted by atomic mass is 35.5. The Kier molecular flexibility index (Phi) is 7.33. The van der Waals surface area contributed by atoms with Crippen LogP contribution in [0.5, 0.6) is 0 Å². The maximum absolute atomic E-state index is 12.7. The van der Waals surface area contributed by atoms with Crippen LogP contribution in [0.3, 0.4) is 0 Å². The summed E-state index contributed by atoms with van der Waals surface area (Å²) < 4.78 is 0. The molecule has 1 saturated heterocycles. The number of hydrogen-bond acceptors (Lipinski definition) is 3. The Labute approximate surface area is 203 Å². The minimum Gasteiger partial charge on any atom is -0.368 e. The molecule has 2 amide bonds. The Bertz CT molecular complexity index is 1140. The molecule has 33 heavy (non-hydrogen) atoms. The lowest BCUT2D eigenvalue weighted by atomic mass is 10.1. The molecule has 3 aromatic rings. The first kappa shape index (κ1) is 22.9. The lowest BCUT2D eigenvalue weighted by molar-refractivity contribution is -0.111. The van der Waals surface area contributed by atoms with Crippen molar-refractivity contribution in [1.29, 1.82) is 0 Å². The standard InChI is InChI=1S/C26H23Cl2N3O2/c27-21-6-1-19(2-7-21)3-14-25(32)29-23-10-12-24(13-11-23)30-15-17-31(18-16-30)26(33)20-4-8-22(28)9-5-20/h1-14H,15-18H2,(H,29,32). The van der Waals surface area contributed by atoms with Crippen molar-refractivity contribution in [3.05, 3.63) is 100 Å². The summed E-state index contributed by atoms with van der Waals surface area (Å²) in [6.45, 7) is 2.79. The van der Waals surface area contributed by atoms with Gasteiger partial charge in [0.25, 0.3) is 5.91 Å². The number of amides is 2. The number of nitrogens with zero attached hydrogens (tertiary/aromatic N) is 2. The van der Waals surface area contributed by atoms with Crippen molar-refractivity contribution < 1.29 is 9.59 Å². The molecular formula is C26H23Cl2N3O2. The summed E-state index contributed by atoms with van der Waals surface area (Å²) in [4.78, 5) is 29.0. The van der Waals surface area contributed by atoms with E-state index in [4.69, 9.17) is 23.2 Å². The summed E-state index contributed by atoms with van der Waals surface area (Å²) in [5.41, 5.74) is 3.33. The molecule has 7 heteroatoms. The van der Waals surface area contributed by atoms with Crippen LogP contribution in [0.2, 0.25) is 10.0 Å². The summed E-state index contributed by atoms with van der Waals surface area (Å²) >= 11 is 11.8. The van der Waals surface area contributed by atoms with Crippen LogP contribution in [-0.2, 0) is 4.79 Å². The molecule has 0 bridgehead atoms. The van der Waals surface area contributed by atoms with Crippen molar-refractivity contribution in [1.82, 2.24) is 4.90 Å². The molecule has 1 fully saturated rings. The van der Waals surface area contributed by atoms with Crippen molar-refractivity contribution in [3.63, 3.8) is 0 Å². The van der Waals surface area contributed by atoms with E-state index >= 15 is 0 Å². The second-order valence-corrected chi connectivity index (χ2v) is 8.58. The van der Waals surface area contributed by atoms with E-state index < -0.39 is 0 Å². The third kappa shape index (κ3) is 6.15. The molecule has 0 saturated carbocycles. The Morgan fingerprint density at radius 1 is 0.758 bits per heavy atom. The van der Waals surface area contributed by atoms with Gasteiger partial charge in [-0.25, -0.2) is 0 Å². The van der Waals surface area contributed by atoms with E-state index in [1.807, 2.05) is 41.3 Å². The molecule has 0 spiro atoms. The zero-order valence-electron chi connectivity index (χ0n) is 17.9. The first-order valence-corrected chi connectivity index (χ1v) is 11.4. The number of rotatable bonds is 5. The fourth-order valence-electron chi connectivity index (χ4n) is 3.63. The fraction of sp³-hybridized carbons (Fsp3) is 0.154. The van der Waals surface area contributed by atoms with E-state index in [0.29, 0.717) is 28.7 Å². The van der Waals surface area contributed by atoms with Gasteiger partial charge in [-0.1, -0.05) is 35.3 Å². The van der Waals surface area contributed by atoms with Crippen molar-refractivity contribution in [2.24, 2.45) is 0 Å². The van der Waals surface area contributed by atoms with Gasteiger partial charge < -0.3 is 15.1 Å². The predicted octanol–water partition coefficient (Wildman–Crippen LogP) is 5.61. The number of piperazine rings is 1. The van der Waals surface area contributed by atoms with E-state index in [9.17, 15) is 9.59 Å². The Morgan fingerprint density at radius 2 is 1.33 bits per heavy atom. The molecular weight excluding hydrogens is 457 g/mol. The molecule has 0 unspecified atom stereocenters. The fourth-order valence-corrected chi connectivity index (χ4v) is 3.88. The quantitative estimate of drug-likeness (QED) is 0.484. The third-order valence-corrected chi connectivity index (χ3v) is 5.96. The molecule has 168 valence electrons. The van der Waals surface area contributed by atoms with Crippen molar-refractivity contribution in [2.45, 2.75) is 0 Å². The maximum atomic E-state index is 12.7. The van der Waals surface area contributed by atoms with Crippen molar-refractivity contribution >= 4 is 52.5 Å². The number of hydrogen-bond donors (Lipinski definition) is 1. The van der Waals surface area contributed by atoms with Gasteiger partial charge in [-0.2, -0.15) is 0 Å². The zero-order valence-corrected chi connectivity index (χ0v) is 19.4. The summed E-state index contributed by atoms with van der Waals surface area (Å²) in [6, 6.07) is 22.0.